The molecule has 0 spiro atoms. The van der Waals surface area contributed by atoms with Gasteiger partial charge in [0.05, 0.1) is 12.1 Å². The van der Waals surface area contributed by atoms with Crippen LogP contribution in [0.2, 0.25) is 0 Å². The molecule has 0 aliphatic heterocycles. The molecule has 4 aromatic rings. The van der Waals surface area contributed by atoms with Gasteiger partial charge in [-0.1, -0.05) is 30.3 Å². The molecule has 0 fully saturated rings. The third-order valence-corrected chi connectivity index (χ3v) is 4.33. The maximum atomic E-state index is 12.9. The number of rotatable bonds is 5. The Morgan fingerprint density at radius 1 is 1.03 bits per heavy atom. The quantitative estimate of drug-likeness (QED) is 0.556. The van der Waals surface area contributed by atoms with Crippen LogP contribution in [-0.4, -0.2) is 27.1 Å². The number of fused-ring (bicyclic) bond motifs is 2. The van der Waals surface area contributed by atoms with Crippen molar-refractivity contribution in [2.24, 2.45) is 0 Å². The standard InChI is InChI=1S/C20H15F3N4O2/c21-20(22,23)15-6-8-17-25-26-18(27(17)11-15)10-24-19(28)12-29-16-7-5-13-3-1-2-4-14(13)9-16/h1-9,11H,10,12H2,(H,24,28). The van der Waals surface area contributed by atoms with Crippen LogP contribution in [0, 0.1) is 0 Å². The number of hydrogen-bond donors (Lipinski definition) is 1. The van der Waals surface area contributed by atoms with Crippen LogP contribution in [0.5, 0.6) is 5.75 Å². The second-order valence-corrected chi connectivity index (χ2v) is 6.33. The zero-order valence-corrected chi connectivity index (χ0v) is 15.0. The lowest BCUT2D eigenvalue weighted by Crippen LogP contribution is -2.29. The number of benzene rings is 2. The fourth-order valence-corrected chi connectivity index (χ4v) is 2.86. The van der Waals surface area contributed by atoms with E-state index in [2.05, 4.69) is 15.5 Å². The normalized spacial score (nSPS) is 11.7. The van der Waals surface area contributed by atoms with Crippen molar-refractivity contribution in [3.05, 3.63) is 72.2 Å². The van der Waals surface area contributed by atoms with E-state index in [9.17, 15) is 18.0 Å². The molecule has 2 aromatic carbocycles. The molecule has 0 atom stereocenters. The average Bonchev–Trinajstić information content (AvgIpc) is 3.12. The number of pyridine rings is 1. The molecule has 0 saturated carbocycles. The van der Waals surface area contributed by atoms with Crippen molar-refractivity contribution in [2.45, 2.75) is 12.7 Å². The van der Waals surface area contributed by atoms with Gasteiger partial charge in [0.15, 0.2) is 18.1 Å². The Morgan fingerprint density at radius 3 is 2.62 bits per heavy atom. The SMILES string of the molecule is O=C(COc1ccc2ccccc2c1)NCc1nnc2ccc(C(F)(F)F)cn12. The van der Waals surface area contributed by atoms with E-state index in [4.69, 9.17) is 4.74 Å². The molecule has 2 heterocycles. The molecular formula is C20H15F3N4O2. The first kappa shape index (κ1) is 18.7. The monoisotopic (exact) mass is 400 g/mol. The number of nitrogens with one attached hydrogen (secondary N) is 1. The Kier molecular flexibility index (Phi) is 4.79. The van der Waals surface area contributed by atoms with Crippen molar-refractivity contribution in [2.75, 3.05) is 6.61 Å². The third-order valence-electron chi connectivity index (χ3n) is 4.33. The number of nitrogens with zero attached hydrogens (tertiary/aromatic N) is 3. The topological polar surface area (TPSA) is 68.5 Å². The number of carbonyl (C=O) groups is 1. The van der Waals surface area contributed by atoms with Gasteiger partial charge in [-0.25, -0.2) is 0 Å². The van der Waals surface area contributed by atoms with Crippen molar-refractivity contribution in [3.8, 4) is 5.75 Å². The van der Waals surface area contributed by atoms with Crippen LogP contribution in [0.1, 0.15) is 11.4 Å². The number of amides is 1. The fourth-order valence-electron chi connectivity index (χ4n) is 2.86. The number of aromatic nitrogens is 3. The Balaban J connectivity index is 1.39. The summed E-state index contributed by atoms with van der Waals surface area (Å²) in [6, 6.07) is 15.4. The lowest BCUT2D eigenvalue weighted by molar-refractivity contribution is -0.137. The zero-order chi connectivity index (χ0) is 20.4. The van der Waals surface area contributed by atoms with E-state index in [1.807, 2.05) is 36.4 Å². The summed E-state index contributed by atoms with van der Waals surface area (Å²) < 4.78 is 45.4. The molecule has 0 aliphatic rings. The van der Waals surface area contributed by atoms with Gasteiger partial charge in [-0.3, -0.25) is 9.20 Å². The first-order chi connectivity index (χ1) is 13.9. The van der Waals surface area contributed by atoms with Gasteiger partial charge < -0.3 is 10.1 Å². The zero-order valence-electron chi connectivity index (χ0n) is 15.0. The largest absolute Gasteiger partial charge is 0.484 e. The van der Waals surface area contributed by atoms with Gasteiger partial charge in [0.2, 0.25) is 0 Å². The third kappa shape index (κ3) is 4.13. The minimum Gasteiger partial charge on any atom is -0.484 e. The molecule has 29 heavy (non-hydrogen) atoms. The summed E-state index contributed by atoms with van der Waals surface area (Å²) in [6.07, 6.45) is -3.57. The van der Waals surface area contributed by atoms with Crippen LogP contribution in [-0.2, 0) is 17.5 Å². The number of alkyl halides is 3. The predicted octanol–water partition coefficient (Wildman–Crippen LogP) is 3.60. The van der Waals surface area contributed by atoms with Crippen molar-refractivity contribution in [1.29, 1.82) is 0 Å². The molecular weight excluding hydrogens is 385 g/mol. The van der Waals surface area contributed by atoms with E-state index in [0.717, 1.165) is 23.0 Å². The molecule has 0 aliphatic carbocycles. The first-order valence-electron chi connectivity index (χ1n) is 8.69. The molecule has 148 valence electrons. The Morgan fingerprint density at radius 2 is 1.83 bits per heavy atom. The smallest absolute Gasteiger partial charge is 0.417 e. The van der Waals surface area contributed by atoms with Crippen LogP contribution in [0.4, 0.5) is 13.2 Å². The van der Waals surface area contributed by atoms with E-state index in [0.29, 0.717) is 5.75 Å². The highest BCUT2D eigenvalue weighted by molar-refractivity contribution is 5.84. The molecule has 0 radical (unpaired) electrons. The van der Waals surface area contributed by atoms with Gasteiger partial charge in [-0.15, -0.1) is 10.2 Å². The van der Waals surface area contributed by atoms with Crippen molar-refractivity contribution in [3.63, 3.8) is 0 Å². The summed E-state index contributed by atoms with van der Waals surface area (Å²) in [6.45, 7) is -0.314. The van der Waals surface area contributed by atoms with Crippen molar-refractivity contribution in [1.82, 2.24) is 19.9 Å². The number of ether oxygens (including phenoxy) is 1. The predicted molar refractivity (Wildman–Crippen MR) is 99.3 cm³/mol. The Bertz CT molecular complexity index is 1190. The second-order valence-electron chi connectivity index (χ2n) is 6.33. The molecule has 0 bridgehead atoms. The molecule has 1 amide bonds. The summed E-state index contributed by atoms with van der Waals surface area (Å²) in [5.74, 6) is 0.300. The van der Waals surface area contributed by atoms with Crippen LogP contribution >= 0.6 is 0 Å². The number of carbonyl (C=O) groups excluding carboxylic acids is 1. The van der Waals surface area contributed by atoms with Gasteiger partial charge in [-0.05, 0) is 35.0 Å². The minimum atomic E-state index is -4.48. The highest BCUT2D eigenvalue weighted by Gasteiger charge is 2.31. The van der Waals surface area contributed by atoms with Crippen LogP contribution in [0.15, 0.2) is 60.8 Å². The van der Waals surface area contributed by atoms with Crippen LogP contribution in [0.25, 0.3) is 16.4 Å². The molecule has 0 saturated heterocycles. The highest BCUT2D eigenvalue weighted by atomic mass is 19.4. The summed E-state index contributed by atoms with van der Waals surface area (Å²) in [5, 5.41) is 12.3. The Hall–Kier alpha value is -3.62. The fraction of sp³-hybridized carbons (Fsp3) is 0.150. The number of hydrogen-bond acceptors (Lipinski definition) is 4. The minimum absolute atomic E-state index is 0.0810. The van der Waals surface area contributed by atoms with Gasteiger partial charge in [-0.2, -0.15) is 13.2 Å². The van der Waals surface area contributed by atoms with E-state index >= 15 is 0 Å². The molecule has 6 nitrogen and oxygen atoms in total. The molecule has 2 aromatic heterocycles. The molecule has 9 heteroatoms. The van der Waals surface area contributed by atoms with E-state index < -0.39 is 17.6 Å². The average molecular weight is 400 g/mol. The van der Waals surface area contributed by atoms with Crippen molar-refractivity contribution < 1.29 is 22.7 Å². The maximum Gasteiger partial charge on any atom is 0.417 e. The lowest BCUT2D eigenvalue weighted by Gasteiger charge is -2.09. The summed E-state index contributed by atoms with van der Waals surface area (Å²) in [5.41, 5.74) is -0.563. The van der Waals surface area contributed by atoms with Crippen LogP contribution in [0.3, 0.4) is 0 Å². The highest BCUT2D eigenvalue weighted by Crippen LogP contribution is 2.29. The Labute approximate surface area is 162 Å². The molecule has 0 unspecified atom stereocenters. The van der Waals surface area contributed by atoms with Gasteiger partial charge in [0.25, 0.3) is 5.91 Å². The lowest BCUT2D eigenvalue weighted by atomic mass is 10.1. The van der Waals surface area contributed by atoms with E-state index in [-0.39, 0.29) is 24.6 Å². The molecule has 1 N–H and O–H groups in total. The van der Waals surface area contributed by atoms with E-state index in [1.165, 1.54) is 10.5 Å². The van der Waals surface area contributed by atoms with Gasteiger partial charge >= 0.3 is 6.18 Å². The summed E-state index contributed by atoms with van der Waals surface area (Å²) in [4.78, 5) is 12.1. The van der Waals surface area contributed by atoms with Gasteiger partial charge in [0.1, 0.15) is 5.75 Å². The first-order valence-corrected chi connectivity index (χ1v) is 8.69. The van der Waals surface area contributed by atoms with Gasteiger partial charge in [0, 0.05) is 6.20 Å². The van der Waals surface area contributed by atoms with Crippen LogP contribution < -0.4 is 10.1 Å². The number of halogens is 3. The maximum absolute atomic E-state index is 12.9. The van der Waals surface area contributed by atoms with Crippen molar-refractivity contribution >= 4 is 22.3 Å². The second kappa shape index (κ2) is 7.42. The molecule has 4 rings (SSSR count). The summed E-state index contributed by atoms with van der Waals surface area (Å²) >= 11 is 0. The van der Waals surface area contributed by atoms with E-state index in [1.54, 1.807) is 6.07 Å². The summed E-state index contributed by atoms with van der Waals surface area (Å²) in [7, 11) is 0.